The summed E-state index contributed by atoms with van der Waals surface area (Å²) < 4.78 is 7.92. The molecule has 0 aromatic carbocycles. The molecule has 0 radical (unpaired) electrons. The minimum atomic E-state index is -0.167. The molecule has 6 nitrogen and oxygen atoms in total. The highest BCUT2D eigenvalue weighted by Gasteiger charge is 2.25. The Morgan fingerprint density at radius 2 is 2.07 bits per heavy atom. The molecule has 1 unspecified atom stereocenters. The van der Waals surface area contributed by atoms with Crippen molar-refractivity contribution in [3.63, 3.8) is 0 Å². The molecule has 1 aliphatic carbocycles. The van der Waals surface area contributed by atoms with Crippen LogP contribution in [-0.2, 0) is 11.2 Å². The van der Waals surface area contributed by atoms with E-state index in [0.29, 0.717) is 6.04 Å². The van der Waals surface area contributed by atoms with Crippen LogP contribution in [0.3, 0.4) is 0 Å². The summed E-state index contributed by atoms with van der Waals surface area (Å²) in [7, 11) is 0. The summed E-state index contributed by atoms with van der Waals surface area (Å²) in [5.74, 6) is 1.89. The lowest BCUT2D eigenvalue weighted by atomic mass is 10.2. The number of thioether (sulfide) groups is 1. The van der Waals surface area contributed by atoms with E-state index in [1.165, 1.54) is 24.6 Å². The maximum atomic E-state index is 12.8. The minimum Gasteiger partial charge on any atom is -0.460 e. The van der Waals surface area contributed by atoms with Gasteiger partial charge in [-0.15, -0.1) is 10.2 Å². The van der Waals surface area contributed by atoms with Crippen LogP contribution in [0, 0.1) is 6.92 Å². The first-order valence-corrected chi connectivity index (χ1v) is 10.7. The van der Waals surface area contributed by atoms with Crippen molar-refractivity contribution in [2.45, 2.75) is 75.6 Å². The van der Waals surface area contributed by atoms with Gasteiger partial charge in [-0.25, -0.2) is 0 Å². The Morgan fingerprint density at radius 1 is 1.30 bits per heavy atom. The molecule has 0 saturated heterocycles. The van der Waals surface area contributed by atoms with Crippen molar-refractivity contribution in [1.82, 2.24) is 19.9 Å². The topological polar surface area (TPSA) is 72.4 Å². The van der Waals surface area contributed by atoms with Gasteiger partial charge in [0, 0.05) is 24.6 Å². The van der Waals surface area contributed by atoms with Gasteiger partial charge >= 0.3 is 0 Å². The van der Waals surface area contributed by atoms with Crippen molar-refractivity contribution >= 4 is 34.3 Å². The zero-order valence-corrected chi connectivity index (χ0v) is 16.9. The van der Waals surface area contributed by atoms with Crippen LogP contribution in [0.4, 0.5) is 0 Å². The number of amides is 1. The molecule has 1 saturated carbocycles. The lowest BCUT2D eigenvalue weighted by Crippen LogP contribution is -2.38. The highest BCUT2D eigenvalue weighted by Crippen LogP contribution is 2.33. The molecule has 1 aliphatic rings. The first-order chi connectivity index (χ1) is 13.1. The van der Waals surface area contributed by atoms with Crippen LogP contribution in [0.5, 0.6) is 0 Å². The van der Waals surface area contributed by atoms with E-state index >= 15 is 0 Å². The molecule has 0 spiro atoms. The molecule has 7 heteroatoms. The van der Waals surface area contributed by atoms with Gasteiger partial charge in [0.2, 0.25) is 5.91 Å². The molecule has 3 heterocycles. The highest BCUT2D eigenvalue weighted by atomic mass is 32.2. The smallest absolute Gasteiger partial charge is 0.233 e. The second-order valence-corrected chi connectivity index (χ2v) is 8.44. The first kappa shape index (κ1) is 18.3. The summed E-state index contributed by atoms with van der Waals surface area (Å²) in [6.07, 6.45) is 6.14. The molecular weight excluding hydrogens is 360 g/mol. The van der Waals surface area contributed by atoms with E-state index in [1.807, 2.05) is 26.0 Å². The van der Waals surface area contributed by atoms with Gasteiger partial charge in [0.05, 0.1) is 16.3 Å². The summed E-state index contributed by atoms with van der Waals surface area (Å²) >= 11 is 1.50. The fourth-order valence-electron chi connectivity index (χ4n) is 3.88. The quantitative estimate of drug-likeness (QED) is 0.640. The Morgan fingerprint density at radius 3 is 2.78 bits per heavy atom. The zero-order chi connectivity index (χ0) is 19.0. The third-order valence-corrected chi connectivity index (χ3v) is 6.63. The molecular formula is C20H26N4O2S. The number of furan rings is 1. The average molecular weight is 387 g/mol. The van der Waals surface area contributed by atoms with Crippen LogP contribution in [0.2, 0.25) is 0 Å². The summed E-state index contributed by atoms with van der Waals surface area (Å²) in [6, 6.07) is 4.38. The van der Waals surface area contributed by atoms with Crippen LogP contribution in [-0.4, -0.2) is 31.8 Å². The largest absolute Gasteiger partial charge is 0.460 e. The molecule has 0 bridgehead atoms. The average Bonchev–Trinajstić information content (AvgIpc) is 3.36. The maximum absolute atomic E-state index is 12.8. The molecule has 0 aliphatic heterocycles. The number of carbonyl (C=O) groups is 1. The third-order valence-electron chi connectivity index (χ3n) is 5.28. The van der Waals surface area contributed by atoms with Crippen LogP contribution >= 0.6 is 11.8 Å². The van der Waals surface area contributed by atoms with E-state index in [0.717, 1.165) is 58.9 Å². The minimum absolute atomic E-state index is 0.111. The second-order valence-electron chi connectivity index (χ2n) is 7.25. The number of hydrogen-bond acceptors (Lipinski definition) is 5. The van der Waals surface area contributed by atoms with Gasteiger partial charge in [-0.1, -0.05) is 38.5 Å². The van der Waals surface area contributed by atoms with Crippen molar-refractivity contribution in [2.75, 3.05) is 0 Å². The number of nitrogens with one attached hydrogen (secondary N) is 1. The lowest BCUT2D eigenvalue weighted by molar-refractivity contribution is -0.121. The van der Waals surface area contributed by atoms with Crippen molar-refractivity contribution in [3.8, 4) is 0 Å². The predicted molar refractivity (Wildman–Crippen MR) is 107 cm³/mol. The van der Waals surface area contributed by atoms with E-state index in [9.17, 15) is 4.79 Å². The van der Waals surface area contributed by atoms with Crippen molar-refractivity contribution in [1.29, 1.82) is 0 Å². The lowest BCUT2D eigenvalue weighted by Gasteiger charge is -2.18. The molecule has 144 valence electrons. The SMILES string of the molecule is CCc1nnc(SC(CC)C(=O)NC2CCCC2)c2cc3oc(C)cc3n12. The van der Waals surface area contributed by atoms with Crippen LogP contribution in [0.15, 0.2) is 21.6 Å². The number of aromatic nitrogens is 3. The molecule has 1 atom stereocenters. The molecule has 1 N–H and O–H groups in total. The van der Waals surface area contributed by atoms with Gasteiger partial charge in [-0.05, 0) is 26.2 Å². The zero-order valence-electron chi connectivity index (χ0n) is 16.1. The summed E-state index contributed by atoms with van der Waals surface area (Å²) in [4.78, 5) is 12.8. The number of rotatable bonds is 6. The Balaban J connectivity index is 1.66. The van der Waals surface area contributed by atoms with E-state index in [1.54, 1.807) is 0 Å². The van der Waals surface area contributed by atoms with Gasteiger partial charge in [-0.2, -0.15) is 0 Å². The molecule has 4 rings (SSSR count). The summed E-state index contributed by atoms with van der Waals surface area (Å²) in [5.41, 5.74) is 2.81. The van der Waals surface area contributed by atoms with Gasteiger partial charge in [-0.3, -0.25) is 9.20 Å². The molecule has 3 aromatic heterocycles. The Bertz CT molecular complexity index is 971. The van der Waals surface area contributed by atoms with Crippen molar-refractivity contribution in [2.24, 2.45) is 0 Å². The summed E-state index contributed by atoms with van der Waals surface area (Å²) in [6.45, 7) is 6.06. The van der Waals surface area contributed by atoms with E-state index in [2.05, 4.69) is 26.8 Å². The predicted octanol–water partition coefficient (Wildman–Crippen LogP) is 4.28. The van der Waals surface area contributed by atoms with Crippen LogP contribution in [0.1, 0.15) is 57.5 Å². The highest BCUT2D eigenvalue weighted by molar-refractivity contribution is 8.00. The van der Waals surface area contributed by atoms with E-state index < -0.39 is 0 Å². The maximum Gasteiger partial charge on any atom is 0.233 e. The number of aryl methyl sites for hydroxylation is 2. The molecule has 1 amide bonds. The molecule has 27 heavy (non-hydrogen) atoms. The number of nitrogens with zero attached hydrogens (tertiary/aromatic N) is 3. The van der Waals surface area contributed by atoms with Crippen molar-refractivity contribution in [3.05, 3.63) is 23.7 Å². The third kappa shape index (κ3) is 3.45. The van der Waals surface area contributed by atoms with Gasteiger partial charge in [0.1, 0.15) is 16.6 Å². The number of carbonyl (C=O) groups excluding carboxylic acids is 1. The van der Waals surface area contributed by atoms with Crippen LogP contribution in [0.25, 0.3) is 16.6 Å². The van der Waals surface area contributed by atoms with Gasteiger partial charge in [0.15, 0.2) is 5.58 Å². The Kier molecular flexibility index (Phi) is 5.12. The van der Waals surface area contributed by atoms with Gasteiger partial charge in [0.25, 0.3) is 0 Å². The summed E-state index contributed by atoms with van der Waals surface area (Å²) in [5, 5.41) is 12.7. The Labute approximate surface area is 163 Å². The number of fused-ring (bicyclic) bond motifs is 3. The fraction of sp³-hybridized carbons (Fsp3) is 0.550. The monoisotopic (exact) mass is 386 g/mol. The van der Waals surface area contributed by atoms with Crippen LogP contribution < -0.4 is 5.32 Å². The fourth-order valence-corrected chi connectivity index (χ4v) is 4.85. The van der Waals surface area contributed by atoms with E-state index in [-0.39, 0.29) is 11.2 Å². The normalized spacial score (nSPS) is 16.4. The molecule has 1 fully saturated rings. The van der Waals surface area contributed by atoms with Crippen molar-refractivity contribution < 1.29 is 9.21 Å². The standard InChI is InChI=1S/C20H26N4O2S/c1-4-17(19(25)21-13-8-6-7-9-13)27-20-15-11-16-14(10-12(3)26-16)24(15)18(5-2)22-23-20/h10-11,13,17H,4-9H2,1-3H3,(H,21,25). The van der Waals surface area contributed by atoms with E-state index in [4.69, 9.17) is 4.42 Å². The Hall–Kier alpha value is -2.02. The second kappa shape index (κ2) is 7.54. The van der Waals surface area contributed by atoms with Gasteiger partial charge < -0.3 is 9.73 Å². The number of hydrogen-bond donors (Lipinski definition) is 1. The molecule has 3 aromatic rings. The first-order valence-electron chi connectivity index (χ1n) is 9.84.